The van der Waals surface area contributed by atoms with Gasteiger partial charge in [0, 0.05) is 25.6 Å². The first-order chi connectivity index (χ1) is 7.54. The number of carbonyl (C=O) groups is 1. The zero-order valence-electron chi connectivity index (χ0n) is 10.2. The summed E-state index contributed by atoms with van der Waals surface area (Å²) in [6, 6.07) is 0.00964. The van der Waals surface area contributed by atoms with E-state index in [1.54, 1.807) is 4.90 Å². The fourth-order valence-electron chi connectivity index (χ4n) is 1.38. The van der Waals surface area contributed by atoms with Crippen LogP contribution in [0.1, 0.15) is 27.2 Å². The number of rotatable bonds is 7. The van der Waals surface area contributed by atoms with E-state index in [0.29, 0.717) is 19.5 Å². The quantitative estimate of drug-likeness (QED) is 0.248. The van der Waals surface area contributed by atoms with E-state index in [4.69, 9.17) is 10.9 Å². The van der Waals surface area contributed by atoms with Gasteiger partial charge in [-0.15, -0.1) is 0 Å². The molecule has 16 heavy (non-hydrogen) atoms. The average Bonchev–Trinajstić information content (AvgIpc) is 2.27. The van der Waals surface area contributed by atoms with E-state index in [0.717, 1.165) is 0 Å². The van der Waals surface area contributed by atoms with Crippen LogP contribution in [0, 0.1) is 0 Å². The Hall–Kier alpha value is -1.30. The molecule has 4 N–H and O–H groups in total. The van der Waals surface area contributed by atoms with E-state index in [1.165, 1.54) is 0 Å². The molecule has 0 aromatic rings. The Balaban J connectivity index is 3.91. The third kappa shape index (κ3) is 5.55. The molecule has 0 aromatic heterocycles. The van der Waals surface area contributed by atoms with Crippen LogP contribution >= 0.6 is 0 Å². The molecule has 0 rings (SSSR count). The van der Waals surface area contributed by atoms with Crippen LogP contribution < -0.4 is 11.1 Å². The van der Waals surface area contributed by atoms with Crippen LogP contribution in [0.2, 0.25) is 0 Å². The summed E-state index contributed by atoms with van der Waals surface area (Å²) in [6.45, 7) is 7.48. The Bertz CT molecular complexity index is 239. The lowest BCUT2D eigenvalue weighted by atomic mass is 10.2. The number of carbonyl (C=O) groups excluding carboxylic acids is 1. The molecule has 6 heteroatoms. The summed E-state index contributed by atoms with van der Waals surface area (Å²) in [7, 11) is 0. The van der Waals surface area contributed by atoms with Crippen molar-refractivity contribution in [1.82, 2.24) is 10.2 Å². The Kier molecular flexibility index (Phi) is 7.28. The highest BCUT2D eigenvalue weighted by atomic mass is 16.4. The van der Waals surface area contributed by atoms with Gasteiger partial charge in [-0.3, -0.25) is 4.79 Å². The maximum Gasteiger partial charge on any atom is 0.236 e. The highest BCUT2D eigenvalue weighted by Crippen LogP contribution is 1.92. The summed E-state index contributed by atoms with van der Waals surface area (Å²) >= 11 is 0. The summed E-state index contributed by atoms with van der Waals surface area (Å²) in [5.41, 5.74) is 5.36. The number of hydrogen-bond acceptors (Lipinski definition) is 4. The summed E-state index contributed by atoms with van der Waals surface area (Å²) in [4.78, 5) is 13.4. The highest BCUT2D eigenvalue weighted by molar-refractivity contribution is 5.80. The van der Waals surface area contributed by atoms with E-state index in [2.05, 4.69) is 10.5 Å². The number of oxime groups is 1. The molecular formula is C10H22N4O2. The molecule has 1 unspecified atom stereocenters. The zero-order chi connectivity index (χ0) is 12.6. The first-order valence-corrected chi connectivity index (χ1v) is 5.52. The zero-order valence-corrected chi connectivity index (χ0v) is 10.2. The van der Waals surface area contributed by atoms with E-state index in [-0.39, 0.29) is 24.3 Å². The van der Waals surface area contributed by atoms with Crippen molar-refractivity contribution in [3.63, 3.8) is 0 Å². The van der Waals surface area contributed by atoms with Crippen molar-refractivity contribution in [3.05, 3.63) is 0 Å². The number of likely N-dealkylation sites (N-methyl/N-ethyl adjacent to an activating group) is 1. The summed E-state index contributed by atoms with van der Waals surface area (Å²) in [5, 5.41) is 14.3. The van der Waals surface area contributed by atoms with Crippen LogP contribution in [0.5, 0.6) is 0 Å². The smallest absolute Gasteiger partial charge is 0.236 e. The first kappa shape index (κ1) is 14.7. The normalized spacial score (nSPS) is 13.6. The lowest BCUT2D eigenvalue weighted by Gasteiger charge is -2.20. The van der Waals surface area contributed by atoms with E-state index >= 15 is 0 Å². The number of nitrogens with two attached hydrogens (primary N) is 1. The predicted molar refractivity (Wildman–Crippen MR) is 63.4 cm³/mol. The van der Waals surface area contributed by atoms with E-state index in [9.17, 15) is 4.79 Å². The molecule has 0 heterocycles. The lowest BCUT2D eigenvalue weighted by Crippen LogP contribution is -2.41. The molecule has 94 valence electrons. The van der Waals surface area contributed by atoms with Gasteiger partial charge in [-0.05, 0) is 20.8 Å². The van der Waals surface area contributed by atoms with Gasteiger partial charge < -0.3 is 21.2 Å². The number of nitrogens with zero attached hydrogens (tertiary/aromatic N) is 2. The van der Waals surface area contributed by atoms with Crippen molar-refractivity contribution in [3.8, 4) is 0 Å². The molecule has 0 saturated heterocycles. The van der Waals surface area contributed by atoms with Gasteiger partial charge in [0.05, 0.1) is 6.54 Å². The predicted octanol–water partition coefficient (Wildman–Crippen LogP) is -0.0306. The van der Waals surface area contributed by atoms with Crippen molar-refractivity contribution in [2.75, 3.05) is 19.6 Å². The number of nitrogens with one attached hydrogen (secondary N) is 1. The summed E-state index contributed by atoms with van der Waals surface area (Å²) in [6.07, 6.45) is 0.419. The molecule has 0 aliphatic heterocycles. The molecule has 1 atom stereocenters. The van der Waals surface area contributed by atoms with Crippen LogP contribution in [0.15, 0.2) is 5.16 Å². The standard InChI is InChI=1S/C10H22N4O2/c1-4-14(5-2)10(15)7-12-8(3)6-9(11)13-16/h8,12,16H,4-7H2,1-3H3,(H2,11,13). The summed E-state index contributed by atoms with van der Waals surface area (Å²) < 4.78 is 0. The van der Waals surface area contributed by atoms with Gasteiger partial charge in [-0.2, -0.15) is 0 Å². The second-order valence-corrected chi connectivity index (χ2v) is 3.64. The minimum Gasteiger partial charge on any atom is -0.409 e. The van der Waals surface area contributed by atoms with Gasteiger partial charge in [-0.25, -0.2) is 0 Å². The highest BCUT2D eigenvalue weighted by Gasteiger charge is 2.11. The molecule has 0 spiro atoms. The lowest BCUT2D eigenvalue weighted by molar-refractivity contribution is -0.129. The Morgan fingerprint density at radius 2 is 2.06 bits per heavy atom. The van der Waals surface area contributed by atoms with Gasteiger partial charge in [0.2, 0.25) is 5.91 Å². The van der Waals surface area contributed by atoms with Crippen LogP contribution in [0.25, 0.3) is 0 Å². The molecule has 6 nitrogen and oxygen atoms in total. The third-order valence-electron chi connectivity index (χ3n) is 2.36. The van der Waals surface area contributed by atoms with Gasteiger partial charge in [0.25, 0.3) is 0 Å². The van der Waals surface area contributed by atoms with Crippen molar-refractivity contribution < 1.29 is 10.0 Å². The fraction of sp³-hybridized carbons (Fsp3) is 0.800. The SMILES string of the molecule is CCN(CC)C(=O)CNC(C)CC(N)=NO. The average molecular weight is 230 g/mol. The maximum atomic E-state index is 11.6. The molecule has 0 bridgehead atoms. The minimum atomic E-state index is 0.00964. The van der Waals surface area contributed by atoms with Crippen molar-refractivity contribution in [2.45, 2.75) is 33.2 Å². The van der Waals surface area contributed by atoms with Gasteiger partial charge in [0.1, 0.15) is 5.84 Å². The summed E-state index contributed by atoms with van der Waals surface area (Å²) in [5.74, 6) is 0.228. The number of amidine groups is 1. The van der Waals surface area contributed by atoms with E-state index < -0.39 is 0 Å². The fourth-order valence-corrected chi connectivity index (χ4v) is 1.38. The van der Waals surface area contributed by atoms with Gasteiger partial charge in [0.15, 0.2) is 0 Å². The van der Waals surface area contributed by atoms with Crippen LogP contribution in [-0.2, 0) is 4.79 Å². The topological polar surface area (TPSA) is 91.0 Å². The molecule has 0 fully saturated rings. The van der Waals surface area contributed by atoms with Crippen LogP contribution in [-0.4, -0.2) is 47.5 Å². The van der Waals surface area contributed by atoms with Crippen molar-refractivity contribution in [2.24, 2.45) is 10.9 Å². The molecule has 0 radical (unpaired) electrons. The first-order valence-electron chi connectivity index (χ1n) is 5.52. The second-order valence-electron chi connectivity index (χ2n) is 3.64. The Morgan fingerprint density at radius 3 is 2.50 bits per heavy atom. The molecular weight excluding hydrogens is 208 g/mol. The largest absolute Gasteiger partial charge is 0.409 e. The van der Waals surface area contributed by atoms with Crippen molar-refractivity contribution in [1.29, 1.82) is 0 Å². The molecule has 0 saturated carbocycles. The molecule has 0 aromatic carbocycles. The van der Waals surface area contributed by atoms with E-state index in [1.807, 2.05) is 20.8 Å². The molecule has 0 aliphatic carbocycles. The number of amides is 1. The van der Waals surface area contributed by atoms with Crippen molar-refractivity contribution >= 4 is 11.7 Å². The third-order valence-corrected chi connectivity index (χ3v) is 2.36. The molecule has 0 aliphatic rings. The molecule has 1 amide bonds. The monoisotopic (exact) mass is 230 g/mol. The minimum absolute atomic E-state index is 0.00964. The Labute approximate surface area is 96.5 Å². The van der Waals surface area contributed by atoms with Gasteiger partial charge >= 0.3 is 0 Å². The Morgan fingerprint density at radius 1 is 1.50 bits per heavy atom. The van der Waals surface area contributed by atoms with Crippen LogP contribution in [0.3, 0.4) is 0 Å². The maximum absolute atomic E-state index is 11.6. The number of hydrogen-bond donors (Lipinski definition) is 3. The van der Waals surface area contributed by atoms with Gasteiger partial charge in [-0.1, -0.05) is 5.16 Å². The second kappa shape index (κ2) is 7.92. The van der Waals surface area contributed by atoms with Crippen LogP contribution in [0.4, 0.5) is 0 Å².